The maximum atomic E-state index is 6.25. The molecule has 0 aromatic heterocycles. The van der Waals surface area contributed by atoms with E-state index >= 15 is 0 Å². The molecule has 0 radical (unpaired) electrons. The van der Waals surface area contributed by atoms with E-state index in [-0.39, 0.29) is 36.0 Å². The van der Waals surface area contributed by atoms with Crippen molar-refractivity contribution in [3.05, 3.63) is 212 Å². The molecule has 0 spiro atoms. The van der Waals surface area contributed by atoms with Crippen LogP contribution in [-0.4, -0.2) is 51.6 Å². The third-order valence-electron chi connectivity index (χ3n) is 18.6. The molecule has 4 unspecified atom stereocenters. The lowest BCUT2D eigenvalue weighted by Gasteiger charge is -2.31. The first-order valence-corrected chi connectivity index (χ1v) is 32.0. The van der Waals surface area contributed by atoms with Gasteiger partial charge >= 0.3 is 0 Å². The van der Waals surface area contributed by atoms with Gasteiger partial charge in [-0.3, -0.25) is 0 Å². The lowest BCUT2D eigenvalue weighted by molar-refractivity contribution is -0.169. The van der Waals surface area contributed by atoms with E-state index in [4.69, 9.17) is 37.9 Å². The Bertz CT molecular complexity index is 2950. The SMILES string of the molecule is Cc1cc(N(c2ccc(C(C)(C)c3ccc(C(C)(C)c4ccc(N(c5ccc(COC6CCCCO6)c(C)c5)c5ccc(COC6CCCCO6)c(C)c5)cc4)cc3)cc2)c2ccc(COC3CCCCO3)c(C)c2)ccc1COC1CCCCO1. The smallest absolute Gasteiger partial charge is 0.158 e. The van der Waals surface area contributed by atoms with Crippen LogP contribution in [-0.2, 0) is 75.2 Å². The Labute approximate surface area is 513 Å². The number of hydrogen-bond acceptors (Lipinski definition) is 10. The molecule has 0 aliphatic carbocycles. The molecule has 4 saturated heterocycles. The summed E-state index contributed by atoms with van der Waals surface area (Å²) in [6.07, 6.45) is 12.2. The number of ether oxygens (including phenoxy) is 8. The molecule has 4 aliphatic rings. The van der Waals surface area contributed by atoms with Crippen LogP contribution in [0.2, 0.25) is 0 Å². The molecule has 0 bridgehead atoms. The van der Waals surface area contributed by atoms with Gasteiger partial charge in [0, 0.05) is 71.4 Å². The van der Waals surface area contributed by atoms with Gasteiger partial charge in [-0.1, -0.05) is 100 Å². The van der Waals surface area contributed by atoms with Crippen LogP contribution in [0.1, 0.15) is 172 Å². The summed E-state index contributed by atoms with van der Waals surface area (Å²) >= 11 is 0. The molecule has 0 amide bonds. The Morgan fingerprint density at radius 2 is 0.535 bits per heavy atom. The Hall–Kier alpha value is -6.18. The molecule has 4 fully saturated rings. The zero-order chi connectivity index (χ0) is 59.6. The Balaban J connectivity index is 0.817. The highest BCUT2D eigenvalue weighted by Gasteiger charge is 2.29. The largest absolute Gasteiger partial charge is 0.353 e. The second-order valence-electron chi connectivity index (χ2n) is 25.5. The zero-order valence-corrected chi connectivity index (χ0v) is 52.5. The van der Waals surface area contributed by atoms with Crippen LogP contribution in [0, 0.1) is 27.7 Å². The summed E-state index contributed by atoms with van der Waals surface area (Å²) < 4.78 is 48.6. The predicted molar refractivity (Wildman–Crippen MR) is 345 cm³/mol. The normalized spacial score (nSPS) is 19.5. The molecule has 86 heavy (non-hydrogen) atoms. The van der Waals surface area contributed by atoms with Gasteiger partial charge in [-0.05, 0) is 244 Å². The van der Waals surface area contributed by atoms with E-state index in [1.807, 2.05) is 0 Å². The van der Waals surface area contributed by atoms with Crippen molar-refractivity contribution in [3.63, 3.8) is 0 Å². The first-order valence-electron chi connectivity index (χ1n) is 32.0. The van der Waals surface area contributed by atoms with E-state index in [1.54, 1.807) is 0 Å². The maximum absolute atomic E-state index is 6.25. The summed E-state index contributed by atoms with van der Waals surface area (Å²) in [6, 6.07) is 54.5. The Morgan fingerprint density at radius 3 is 0.744 bits per heavy atom. The zero-order valence-electron chi connectivity index (χ0n) is 52.5. The van der Waals surface area contributed by atoms with Crippen LogP contribution in [0.15, 0.2) is 146 Å². The molecule has 10 heteroatoms. The van der Waals surface area contributed by atoms with Crippen molar-refractivity contribution in [1.29, 1.82) is 0 Å². The molecule has 10 nitrogen and oxygen atoms in total. The molecule has 454 valence electrons. The van der Waals surface area contributed by atoms with Crippen LogP contribution in [0.4, 0.5) is 34.1 Å². The Morgan fingerprint density at radius 1 is 0.314 bits per heavy atom. The fraction of sp³-hybridized carbons (Fsp3) is 0.447. The molecule has 11 rings (SSSR count). The molecule has 7 aromatic carbocycles. The van der Waals surface area contributed by atoms with E-state index in [2.05, 4.69) is 211 Å². The van der Waals surface area contributed by atoms with Gasteiger partial charge in [0.2, 0.25) is 0 Å². The molecule has 0 saturated carbocycles. The van der Waals surface area contributed by atoms with Crippen LogP contribution < -0.4 is 9.80 Å². The van der Waals surface area contributed by atoms with E-state index in [0.29, 0.717) is 26.4 Å². The van der Waals surface area contributed by atoms with Crippen LogP contribution in [0.3, 0.4) is 0 Å². The standard InChI is InChI=1S/C76H92N2O8/c1-53-45-67(33-21-57(53)49-83-71-17-9-13-41-79-71)77(68-34-22-58(54(2)46-68)50-84-72-18-10-14-42-80-72)65-37-29-63(30-38-65)75(5,6)61-25-27-62(28-26-61)76(7,8)64-31-39-66(40-32-64)78(69-35-23-59(55(3)47-69)51-85-73-19-11-15-43-81-73)70-36-24-60(56(4)48-70)52-86-74-20-12-16-44-82-74/h21-40,45-48,71-74H,9-20,41-44,49-52H2,1-8H3. The monoisotopic (exact) mass is 1160 g/mol. The number of nitrogens with zero attached hydrogens (tertiary/aromatic N) is 2. The topological polar surface area (TPSA) is 80.3 Å². The lowest BCUT2D eigenvalue weighted by Crippen LogP contribution is -2.22. The van der Waals surface area contributed by atoms with E-state index < -0.39 is 0 Å². The fourth-order valence-electron chi connectivity index (χ4n) is 12.6. The van der Waals surface area contributed by atoms with Gasteiger partial charge in [0.05, 0.1) is 26.4 Å². The highest BCUT2D eigenvalue weighted by Crippen LogP contribution is 2.43. The van der Waals surface area contributed by atoms with Crippen LogP contribution in [0.5, 0.6) is 0 Å². The van der Waals surface area contributed by atoms with Crippen molar-refractivity contribution in [2.45, 2.75) is 195 Å². The number of rotatable bonds is 22. The summed E-state index contributed by atoms with van der Waals surface area (Å²) in [4.78, 5) is 4.74. The molecule has 4 heterocycles. The highest BCUT2D eigenvalue weighted by molar-refractivity contribution is 5.79. The van der Waals surface area contributed by atoms with Gasteiger partial charge in [0.1, 0.15) is 0 Å². The first-order chi connectivity index (χ1) is 41.8. The summed E-state index contributed by atoms with van der Waals surface area (Å²) in [7, 11) is 0. The van der Waals surface area contributed by atoms with Gasteiger partial charge in [-0.2, -0.15) is 0 Å². The van der Waals surface area contributed by atoms with Crippen molar-refractivity contribution < 1.29 is 37.9 Å². The third kappa shape index (κ3) is 14.9. The van der Waals surface area contributed by atoms with Crippen molar-refractivity contribution in [2.75, 3.05) is 36.2 Å². The van der Waals surface area contributed by atoms with Gasteiger partial charge in [-0.25, -0.2) is 0 Å². The highest BCUT2D eigenvalue weighted by atomic mass is 16.7. The van der Waals surface area contributed by atoms with Gasteiger partial charge in [0.25, 0.3) is 0 Å². The predicted octanol–water partition coefficient (Wildman–Crippen LogP) is 18.7. The third-order valence-corrected chi connectivity index (χ3v) is 18.6. The second-order valence-corrected chi connectivity index (χ2v) is 25.5. The van der Waals surface area contributed by atoms with Crippen LogP contribution >= 0.6 is 0 Å². The average molecular weight is 1160 g/mol. The van der Waals surface area contributed by atoms with E-state index in [1.165, 1.54) is 66.8 Å². The molecule has 4 atom stereocenters. The number of benzene rings is 7. The lowest BCUT2D eigenvalue weighted by atomic mass is 9.74. The van der Waals surface area contributed by atoms with E-state index in [0.717, 1.165) is 138 Å². The molecular formula is C76H92N2O8. The van der Waals surface area contributed by atoms with Gasteiger partial charge in [0.15, 0.2) is 25.2 Å². The number of aryl methyl sites for hydroxylation is 4. The Kier molecular flexibility index (Phi) is 20.2. The summed E-state index contributed by atoms with van der Waals surface area (Å²) in [5.41, 5.74) is 20.5. The fourth-order valence-corrected chi connectivity index (χ4v) is 12.6. The first kappa shape index (κ1) is 61.5. The molecule has 0 N–H and O–H groups in total. The summed E-state index contributed by atoms with van der Waals surface area (Å²) in [5, 5.41) is 0. The molecular weight excluding hydrogens is 1070 g/mol. The van der Waals surface area contributed by atoms with Crippen molar-refractivity contribution in [2.24, 2.45) is 0 Å². The van der Waals surface area contributed by atoms with E-state index in [9.17, 15) is 0 Å². The minimum Gasteiger partial charge on any atom is -0.353 e. The van der Waals surface area contributed by atoms with Crippen molar-refractivity contribution in [1.82, 2.24) is 0 Å². The van der Waals surface area contributed by atoms with Crippen molar-refractivity contribution >= 4 is 34.1 Å². The molecule has 4 aliphatic heterocycles. The average Bonchev–Trinajstić information content (AvgIpc) is 1.63. The number of anilines is 6. The maximum Gasteiger partial charge on any atom is 0.158 e. The summed E-state index contributed by atoms with van der Waals surface area (Å²) in [5.74, 6) is 0. The minimum absolute atomic E-state index is 0.133. The van der Waals surface area contributed by atoms with Crippen molar-refractivity contribution in [3.8, 4) is 0 Å². The van der Waals surface area contributed by atoms with Crippen LogP contribution in [0.25, 0.3) is 0 Å². The number of hydrogen-bond donors (Lipinski definition) is 0. The summed E-state index contributed by atoms with van der Waals surface area (Å²) in [6.45, 7) is 23.3. The van der Waals surface area contributed by atoms with Gasteiger partial charge in [-0.15, -0.1) is 0 Å². The minimum atomic E-state index is -0.265. The quantitative estimate of drug-likeness (QED) is 0.0655. The van der Waals surface area contributed by atoms with Gasteiger partial charge < -0.3 is 47.7 Å². The molecule has 7 aromatic rings. The second kappa shape index (κ2) is 28.3.